The summed E-state index contributed by atoms with van der Waals surface area (Å²) in [4.78, 5) is 12.2. The summed E-state index contributed by atoms with van der Waals surface area (Å²) in [6.07, 6.45) is 1.03. The molecule has 0 aromatic heterocycles. The van der Waals surface area contributed by atoms with Gasteiger partial charge in [-0.1, -0.05) is 0 Å². The van der Waals surface area contributed by atoms with Crippen LogP contribution < -0.4 is 10.6 Å². The van der Waals surface area contributed by atoms with Gasteiger partial charge in [0.15, 0.2) is 6.29 Å². The van der Waals surface area contributed by atoms with E-state index in [9.17, 15) is 22.0 Å². The number of rotatable bonds is 9. The topological polar surface area (TPSA) is 97.0 Å². The molecule has 2 N–H and O–H groups in total. The largest absolute Gasteiger partial charge is 0.356 e. The minimum atomic E-state index is -3.67. The molecule has 0 unspecified atom stereocenters. The maximum absolute atomic E-state index is 13.6. The SMILES string of the molecule is COC(OC)C1CCN(S(=O)(=O)c2ccc(NC(=O)NCCc3cc(F)ccc3F)cc2)CC1. The van der Waals surface area contributed by atoms with Crippen molar-refractivity contribution >= 4 is 21.7 Å². The van der Waals surface area contributed by atoms with E-state index in [2.05, 4.69) is 10.6 Å². The van der Waals surface area contributed by atoms with Crippen LogP contribution in [-0.2, 0) is 25.9 Å². The number of piperidine rings is 1. The van der Waals surface area contributed by atoms with E-state index >= 15 is 0 Å². The minimum absolute atomic E-state index is 0.0988. The Morgan fingerprint density at radius 2 is 1.74 bits per heavy atom. The highest BCUT2D eigenvalue weighted by molar-refractivity contribution is 7.89. The van der Waals surface area contributed by atoms with Crippen molar-refractivity contribution in [2.75, 3.05) is 39.2 Å². The summed E-state index contributed by atoms with van der Waals surface area (Å²) in [5.41, 5.74) is 0.564. The van der Waals surface area contributed by atoms with Gasteiger partial charge < -0.3 is 20.1 Å². The summed E-state index contributed by atoms with van der Waals surface area (Å²) >= 11 is 0. The summed E-state index contributed by atoms with van der Waals surface area (Å²) in [5, 5.41) is 5.15. The first-order valence-corrected chi connectivity index (χ1v) is 12.3. The molecule has 186 valence electrons. The monoisotopic (exact) mass is 497 g/mol. The number of nitrogens with zero attached hydrogens (tertiary/aromatic N) is 1. The smallest absolute Gasteiger partial charge is 0.319 e. The fourth-order valence-electron chi connectivity index (χ4n) is 3.95. The highest BCUT2D eigenvalue weighted by Gasteiger charge is 2.32. The van der Waals surface area contributed by atoms with Crippen LogP contribution in [0.4, 0.5) is 19.3 Å². The molecule has 0 saturated carbocycles. The van der Waals surface area contributed by atoms with Crippen LogP contribution in [0.1, 0.15) is 18.4 Å². The van der Waals surface area contributed by atoms with Gasteiger partial charge in [0, 0.05) is 45.5 Å². The Balaban J connectivity index is 1.51. The Morgan fingerprint density at radius 3 is 2.35 bits per heavy atom. The summed E-state index contributed by atoms with van der Waals surface area (Å²) in [7, 11) is -0.531. The fraction of sp³-hybridized carbons (Fsp3) is 0.435. The molecular formula is C23H29F2N3O5S. The Hall–Kier alpha value is -2.60. The van der Waals surface area contributed by atoms with Crippen LogP contribution in [0.25, 0.3) is 0 Å². The second-order valence-corrected chi connectivity index (χ2v) is 9.91. The number of carbonyl (C=O) groups excluding carboxylic acids is 1. The molecule has 0 aliphatic carbocycles. The number of hydrogen-bond donors (Lipinski definition) is 2. The third-order valence-corrected chi connectivity index (χ3v) is 7.70. The molecule has 1 heterocycles. The number of urea groups is 1. The number of halogens is 2. The van der Waals surface area contributed by atoms with Crippen LogP contribution >= 0.6 is 0 Å². The summed E-state index contributed by atoms with van der Waals surface area (Å²) in [6.45, 7) is 0.830. The Kier molecular flexibility index (Phi) is 8.95. The van der Waals surface area contributed by atoms with Gasteiger partial charge in [0.25, 0.3) is 0 Å². The number of benzene rings is 2. The molecule has 0 radical (unpaired) electrons. The molecule has 2 aromatic rings. The van der Waals surface area contributed by atoms with Crippen LogP contribution in [0.3, 0.4) is 0 Å². The third kappa shape index (κ3) is 6.50. The minimum Gasteiger partial charge on any atom is -0.356 e. The Bertz CT molecular complexity index is 1070. The molecule has 1 saturated heterocycles. The highest BCUT2D eigenvalue weighted by atomic mass is 32.2. The number of amides is 2. The zero-order chi connectivity index (χ0) is 24.7. The first-order chi connectivity index (χ1) is 16.2. The number of sulfonamides is 1. The second-order valence-electron chi connectivity index (χ2n) is 7.97. The van der Waals surface area contributed by atoms with E-state index in [1.165, 1.54) is 28.6 Å². The van der Waals surface area contributed by atoms with Crippen molar-refractivity contribution < 1.29 is 31.5 Å². The molecule has 2 amide bonds. The van der Waals surface area contributed by atoms with Crippen LogP contribution in [0.2, 0.25) is 0 Å². The molecule has 0 bridgehead atoms. The van der Waals surface area contributed by atoms with Gasteiger partial charge in [0.05, 0.1) is 4.90 Å². The lowest BCUT2D eigenvalue weighted by atomic mass is 9.97. The summed E-state index contributed by atoms with van der Waals surface area (Å²) in [6, 6.07) is 8.49. The fourth-order valence-corrected chi connectivity index (χ4v) is 5.42. The molecular weight excluding hydrogens is 468 g/mol. The number of anilines is 1. The van der Waals surface area contributed by atoms with Crippen molar-refractivity contribution in [1.82, 2.24) is 9.62 Å². The van der Waals surface area contributed by atoms with Gasteiger partial charge in [-0.2, -0.15) is 4.31 Å². The van der Waals surface area contributed by atoms with E-state index in [-0.39, 0.29) is 35.6 Å². The van der Waals surface area contributed by atoms with E-state index in [0.29, 0.717) is 31.6 Å². The molecule has 0 spiro atoms. The molecule has 1 aliphatic rings. The van der Waals surface area contributed by atoms with Gasteiger partial charge in [-0.15, -0.1) is 0 Å². The molecule has 11 heteroatoms. The first kappa shape index (κ1) is 26.0. The lowest BCUT2D eigenvalue weighted by Gasteiger charge is -2.34. The van der Waals surface area contributed by atoms with Crippen molar-refractivity contribution in [2.45, 2.75) is 30.4 Å². The lowest BCUT2D eigenvalue weighted by Crippen LogP contribution is -2.42. The van der Waals surface area contributed by atoms with Crippen LogP contribution in [-0.4, -0.2) is 58.9 Å². The molecule has 1 aliphatic heterocycles. The maximum atomic E-state index is 13.6. The average Bonchev–Trinajstić information content (AvgIpc) is 2.83. The van der Waals surface area contributed by atoms with Crippen molar-refractivity contribution in [1.29, 1.82) is 0 Å². The van der Waals surface area contributed by atoms with Crippen LogP contribution in [0.5, 0.6) is 0 Å². The highest BCUT2D eigenvalue weighted by Crippen LogP contribution is 2.27. The van der Waals surface area contributed by atoms with Gasteiger partial charge >= 0.3 is 6.03 Å². The molecule has 3 rings (SSSR count). The zero-order valence-electron chi connectivity index (χ0n) is 19.1. The Labute approximate surface area is 198 Å². The van der Waals surface area contributed by atoms with Crippen LogP contribution in [0.15, 0.2) is 47.4 Å². The van der Waals surface area contributed by atoms with Gasteiger partial charge in [0.2, 0.25) is 10.0 Å². The first-order valence-electron chi connectivity index (χ1n) is 10.9. The zero-order valence-corrected chi connectivity index (χ0v) is 19.9. The Morgan fingerprint density at radius 1 is 1.09 bits per heavy atom. The quantitative estimate of drug-likeness (QED) is 0.518. The van der Waals surface area contributed by atoms with E-state index in [1.807, 2.05) is 0 Å². The van der Waals surface area contributed by atoms with E-state index in [0.717, 1.165) is 18.2 Å². The number of methoxy groups -OCH3 is 2. The van der Waals surface area contributed by atoms with Gasteiger partial charge in [-0.3, -0.25) is 0 Å². The van der Waals surface area contributed by atoms with Crippen molar-refractivity contribution in [3.8, 4) is 0 Å². The number of hydrogen-bond acceptors (Lipinski definition) is 5. The average molecular weight is 498 g/mol. The molecule has 1 fully saturated rings. The van der Waals surface area contributed by atoms with E-state index < -0.39 is 27.7 Å². The predicted octanol–water partition coefficient (Wildman–Crippen LogP) is 3.35. The van der Waals surface area contributed by atoms with Crippen molar-refractivity contribution in [3.63, 3.8) is 0 Å². The van der Waals surface area contributed by atoms with Crippen LogP contribution in [0, 0.1) is 17.6 Å². The van der Waals surface area contributed by atoms with Crippen molar-refractivity contribution in [2.24, 2.45) is 5.92 Å². The molecule has 2 aromatic carbocycles. The predicted molar refractivity (Wildman–Crippen MR) is 123 cm³/mol. The summed E-state index contributed by atoms with van der Waals surface area (Å²) in [5.74, 6) is -0.958. The van der Waals surface area contributed by atoms with Gasteiger partial charge in [-0.25, -0.2) is 22.0 Å². The normalized spacial score (nSPS) is 15.4. The van der Waals surface area contributed by atoms with Gasteiger partial charge in [-0.05, 0) is 67.3 Å². The molecule has 8 nitrogen and oxygen atoms in total. The number of carbonyl (C=O) groups is 1. The van der Waals surface area contributed by atoms with Gasteiger partial charge in [0.1, 0.15) is 11.6 Å². The standard InChI is InChI=1S/C23H29F2N3O5S/c1-32-22(33-2)16-10-13-28(14-11-16)34(30,31)20-6-4-19(5-7-20)27-23(29)26-12-9-17-15-18(24)3-8-21(17)25/h3-8,15-16,22H,9-14H2,1-2H3,(H2,26,27,29). The van der Waals surface area contributed by atoms with E-state index in [1.54, 1.807) is 14.2 Å². The lowest BCUT2D eigenvalue weighted by molar-refractivity contribution is -0.144. The summed E-state index contributed by atoms with van der Waals surface area (Å²) < 4.78 is 64.8. The van der Waals surface area contributed by atoms with Crippen molar-refractivity contribution in [3.05, 3.63) is 59.7 Å². The molecule has 0 atom stereocenters. The number of nitrogens with one attached hydrogen (secondary N) is 2. The number of ether oxygens (including phenoxy) is 2. The maximum Gasteiger partial charge on any atom is 0.319 e. The second kappa shape index (κ2) is 11.7. The van der Waals surface area contributed by atoms with E-state index in [4.69, 9.17) is 9.47 Å². The molecule has 34 heavy (non-hydrogen) atoms. The third-order valence-electron chi connectivity index (χ3n) is 5.79.